The molecule has 2 rings (SSSR count). The molecule has 1 heterocycles. The predicted molar refractivity (Wildman–Crippen MR) is 89.6 cm³/mol. The number of nitrogens with one attached hydrogen (secondary N) is 2. The number of rotatable bonds is 2. The number of alkyl carbamates (subject to hydrolysis) is 1. The highest BCUT2D eigenvalue weighted by Crippen LogP contribution is 2.30. The molecule has 126 valence electrons. The van der Waals surface area contributed by atoms with Crippen LogP contribution in [0.15, 0.2) is 24.3 Å². The average molecular weight is 339 g/mol. The third-order valence-corrected chi connectivity index (χ3v) is 4.01. The first-order valence-electron chi connectivity index (χ1n) is 7.70. The maximum atomic E-state index is 12.1. The van der Waals surface area contributed by atoms with E-state index in [0.717, 1.165) is 5.56 Å². The van der Waals surface area contributed by atoms with Gasteiger partial charge in [-0.1, -0.05) is 23.7 Å². The Hall–Kier alpha value is -1.75. The maximum absolute atomic E-state index is 12.1. The average Bonchev–Trinajstić information content (AvgIpc) is 2.41. The Morgan fingerprint density at radius 2 is 1.91 bits per heavy atom. The summed E-state index contributed by atoms with van der Waals surface area (Å²) in [6.45, 7) is 7.51. The summed E-state index contributed by atoms with van der Waals surface area (Å²) in [4.78, 5) is 24.0. The largest absolute Gasteiger partial charge is 0.436 e. The molecule has 1 aliphatic heterocycles. The van der Waals surface area contributed by atoms with Gasteiger partial charge in [0, 0.05) is 28.9 Å². The zero-order valence-corrected chi connectivity index (χ0v) is 14.6. The highest BCUT2D eigenvalue weighted by molar-refractivity contribution is 6.30. The molecule has 1 aromatic rings. The van der Waals surface area contributed by atoms with Gasteiger partial charge in [-0.3, -0.25) is 4.79 Å². The highest BCUT2D eigenvalue weighted by Gasteiger charge is 2.36. The lowest BCUT2D eigenvalue weighted by atomic mass is 9.84. The molecule has 0 aromatic heterocycles. The van der Waals surface area contributed by atoms with Crippen LogP contribution in [-0.4, -0.2) is 29.7 Å². The zero-order chi connectivity index (χ0) is 17.2. The Kier molecular flexibility index (Phi) is 5.19. The molecule has 1 aromatic carbocycles. The van der Waals surface area contributed by atoms with Gasteiger partial charge in [0.1, 0.15) is 0 Å². The predicted octanol–water partition coefficient (Wildman–Crippen LogP) is 3.23. The van der Waals surface area contributed by atoms with Crippen LogP contribution in [0.4, 0.5) is 4.79 Å². The van der Waals surface area contributed by atoms with Crippen LogP contribution < -0.4 is 10.6 Å². The number of hydrogen-bond donors (Lipinski definition) is 2. The fourth-order valence-electron chi connectivity index (χ4n) is 2.66. The summed E-state index contributed by atoms with van der Waals surface area (Å²) in [6.07, 6.45) is -0.928. The second-order valence-electron chi connectivity index (χ2n) is 6.96. The molecule has 0 bridgehead atoms. The van der Waals surface area contributed by atoms with Crippen molar-refractivity contribution in [1.29, 1.82) is 0 Å². The summed E-state index contributed by atoms with van der Waals surface area (Å²) in [7, 11) is 0. The molecule has 0 spiro atoms. The molecule has 0 saturated carbocycles. The number of amides is 2. The molecule has 1 saturated heterocycles. The minimum Gasteiger partial charge on any atom is -0.436 e. The molecule has 5 nitrogen and oxygen atoms in total. The summed E-state index contributed by atoms with van der Waals surface area (Å²) in [5.41, 5.74) is 0.650. The molecular weight excluding hydrogens is 316 g/mol. The van der Waals surface area contributed by atoms with Crippen molar-refractivity contribution in [3.05, 3.63) is 34.9 Å². The maximum Gasteiger partial charge on any atom is 0.408 e. The first-order chi connectivity index (χ1) is 10.7. The third-order valence-electron chi connectivity index (χ3n) is 3.76. The van der Waals surface area contributed by atoms with Gasteiger partial charge in [-0.25, -0.2) is 4.79 Å². The number of benzene rings is 1. The topological polar surface area (TPSA) is 67.4 Å². The molecule has 6 heteroatoms. The van der Waals surface area contributed by atoms with Crippen molar-refractivity contribution in [3.8, 4) is 0 Å². The molecule has 0 aliphatic carbocycles. The van der Waals surface area contributed by atoms with Gasteiger partial charge >= 0.3 is 6.09 Å². The Morgan fingerprint density at radius 3 is 2.48 bits per heavy atom. The molecule has 23 heavy (non-hydrogen) atoms. The monoisotopic (exact) mass is 338 g/mol. The van der Waals surface area contributed by atoms with E-state index < -0.39 is 17.7 Å². The van der Waals surface area contributed by atoms with Crippen molar-refractivity contribution in [2.24, 2.45) is 0 Å². The van der Waals surface area contributed by atoms with Gasteiger partial charge in [0.05, 0.1) is 0 Å². The van der Waals surface area contributed by atoms with Crippen molar-refractivity contribution >= 4 is 23.6 Å². The fourth-order valence-corrected chi connectivity index (χ4v) is 2.79. The minimum atomic E-state index is -0.797. The van der Waals surface area contributed by atoms with Gasteiger partial charge in [-0.05, 0) is 45.4 Å². The standard InChI is InChI=1S/C17H23ClN2O3/c1-10-13(11-5-7-12(18)8-6-11)9-14(15(21)19-10)23-16(22)20-17(2,3)4/h5-8,10,13-14H,9H2,1-4H3,(H,19,21)(H,20,22). The van der Waals surface area contributed by atoms with Crippen LogP contribution in [0.5, 0.6) is 0 Å². The van der Waals surface area contributed by atoms with Crippen molar-refractivity contribution in [1.82, 2.24) is 10.6 Å². The van der Waals surface area contributed by atoms with Crippen LogP contribution in [0.25, 0.3) is 0 Å². The van der Waals surface area contributed by atoms with Crippen LogP contribution in [-0.2, 0) is 9.53 Å². The second kappa shape index (κ2) is 6.79. The van der Waals surface area contributed by atoms with Crippen molar-refractivity contribution < 1.29 is 14.3 Å². The quantitative estimate of drug-likeness (QED) is 0.870. The Bertz CT molecular complexity index is 580. The summed E-state index contributed by atoms with van der Waals surface area (Å²) >= 11 is 5.92. The normalized spacial score (nSPS) is 24.7. The Balaban J connectivity index is 2.08. The van der Waals surface area contributed by atoms with Crippen molar-refractivity contribution in [2.45, 2.75) is 57.7 Å². The van der Waals surface area contributed by atoms with E-state index >= 15 is 0 Å². The van der Waals surface area contributed by atoms with Crippen LogP contribution in [0.2, 0.25) is 5.02 Å². The number of carbonyl (C=O) groups is 2. The summed E-state index contributed by atoms with van der Waals surface area (Å²) < 4.78 is 5.32. The molecule has 1 aliphatic rings. The highest BCUT2D eigenvalue weighted by atomic mass is 35.5. The van der Waals surface area contributed by atoms with Gasteiger partial charge < -0.3 is 15.4 Å². The molecule has 2 N–H and O–H groups in total. The first kappa shape index (κ1) is 17.6. The molecule has 3 unspecified atom stereocenters. The number of halogens is 1. The van der Waals surface area contributed by atoms with E-state index in [1.54, 1.807) is 0 Å². The lowest BCUT2D eigenvalue weighted by Crippen LogP contribution is -2.52. The summed E-state index contributed by atoms with van der Waals surface area (Å²) in [5.74, 6) is -0.191. The molecule has 3 atom stereocenters. The van der Waals surface area contributed by atoms with Crippen LogP contribution in [0, 0.1) is 0 Å². The van der Waals surface area contributed by atoms with Crippen LogP contribution in [0.3, 0.4) is 0 Å². The van der Waals surface area contributed by atoms with E-state index in [2.05, 4.69) is 10.6 Å². The van der Waals surface area contributed by atoms with E-state index in [0.29, 0.717) is 11.4 Å². The van der Waals surface area contributed by atoms with Gasteiger partial charge in [-0.2, -0.15) is 0 Å². The van der Waals surface area contributed by atoms with E-state index in [-0.39, 0.29) is 17.9 Å². The van der Waals surface area contributed by atoms with Gasteiger partial charge in [0.15, 0.2) is 6.10 Å². The molecule has 0 radical (unpaired) electrons. The smallest absolute Gasteiger partial charge is 0.408 e. The van der Waals surface area contributed by atoms with Gasteiger partial charge in [0.2, 0.25) is 0 Å². The first-order valence-corrected chi connectivity index (χ1v) is 8.08. The number of carbonyl (C=O) groups excluding carboxylic acids is 2. The van der Waals surface area contributed by atoms with Crippen molar-refractivity contribution in [2.75, 3.05) is 0 Å². The fraction of sp³-hybridized carbons (Fsp3) is 0.529. The lowest BCUT2D eigenvalue weighted by molar-refractivity contribution is -0.133. The summed E-state index contributed by atoms with van der Waals surface area (Å²) in [5, 5.41) is 6.25. The number of hydrogen-bond acceptors (Lipinski definition) is 3. The molecular formula is C17H23ClN2O3. The minimum absolute atomic E-state index is 0.0331. The SMILES string of the molecule is CC1NC(=O)C(OC(=O)NC(C)(C)C)CC1c1ccc(Cl)cc1. The van der Waals surface area contributed by atoms with E-state index in [4.69, 9.17) is 16.3 Å². The third kappa shape index (κ3) is 4.86. The molecule has 2 amide bonds. The number of piperidine rings is 1. The van der Waals surface area contributed by atoms with E-state index in [1.165, 1.54) is 0 Å². The van der Waals surface area contributed by atoms with E-state index in [1.807, 2.05) is 52.0 Å². The molecule has 1 fully saturated rings. The number of ether oxygens (including phenoxy) is 1. The lowest BCUT2D eigenvalue weighted by Gasteiger charge is -2.35. The Labute approximate surface area is 141 Å². The zero-order valence-electron chi connectivity index (χ0n) is 13.9. The second-order valence-corrected chi connectivity index (χ2v) is 7.40. The van der Waals surface area contributed by atoms with Crippen LogP contribution in [0.1, 0.15) is 45.6 Å². The van der Waals surface area contributed by atoms with Crippen molar-refractivity contribution in [3.63, 3.8) is 0 Å². The Morgan fingerprint density at radius 1 is 1.30 bits per heavy atom. The van der Waals surface area contributed by atoms with Crippen LogP contribution >= 0.6 is 11.6 Å². The van der Waals surface area contributed by atoms with Gasteiger partial charge in [-0.15, -0.1) is 0 Å². The van der Waals surface area contributed by atoms with Gasteiger partial charge in [0.25, 0.3) is 5.91 Å². The summed E-state index contributed by atoms with van der Waals surface area (Å²) in [6, 6.07) is 7.49. The van der Waals surface area contributed by atoms with E-state index in [9.17, 15) is 9.59 Å².